The Morgan fingerprint density at radius 2 is 1.70 bits per heavy atom. The lowest BCUT2D eigenvalue weighted by Crippen LogP contribution is -2.42. The molecule has 0 saturated carbocycles. The lowest BCUT2D eigenvalue weighted by atomic mass is 9.90. The molecule has 1 atom stereocenters. The number of ether oxygens (including phenoxy) is 1. The van der Waals surface area contributed by atoms with E-state index in [1.807, 2.05) is 30.3 Å². The van der Waals surface area contributed by atoms with Crippen molar-refractivity contribution in [3.8, 4) is 0 Å². The van der Waals surface area contributed by atoms with E-state index in [0.29, 0.717) is 24.6 Å². The number of likely N-dealkylation sites (tertiary alicyclic amines) is 1. The first-order chi connectivity index (χ1) is 13.0. The summed E-state index contributed by atoms with van der Waals surface area (Å²) in [5, 5.41) is 0. The highest BCUT2D eigenvalue weighted by Gasteiger charge is 2.31. The molecule has 2 aromatic rings. The first-order valence-electron chi connectivity index (χ1n) is 9.28. The van der Waals surface area contributed by atoms with E-state index >= 15 is 0 Å². The Hall–Kier alpha value is -2.69. The van der Waals surface area contributed by atoms with Gasteiger partial charge in [-0.05, 0) is 42.9 Å². The van der Waals surface area contributed by atoms with Crippen molar-refractivity contribution >= 4 is 11.9 Å². The second-order valence-electron chi connectivity index (χ2n) is 7.00. The molecule has 0 N–H and O–H groups in total. The number of nitrogens with zero attached hydrogens (tertiary/aromatic N) is 1. The number of benzene rings is 2. The third-order valence-electron chi connectivity index (χ3n) is 4.97. The molecule has 3 rings (SSSR count). The summed E-state index contributed by atoms with van der Waals surface area (Å²) in [4.78, 5) is 26.2. The second-order valence-corrected chi connectivity index (χ2v) is 7.00. The van der Waals surface area contributed by atoms with Crippen molar-refractivity contribution in [2.24, 2.45) is 5.92 Å². The van der Waals surface area contributed by atoms with Gasteiger partial charge in [-0.2, -0.15) is 0 Å². The summed E-state index contributed by atoms with van der Waals surface area (Å²) in [6, 6.07) is 15.7. The van der Waals surface area contributed by atoms with E-state index in [1.165, 1.54) is 19.1 Å². The van der Waals surface area contributed by atoms with Gasteiger partial charge >= 0.3 is 5.97 Å². The maximum Gasteiger partial charge on any atom is 0.303 e. The number of amides is 1. The van der Waals surface area contributed by atoms with Crippen LogP contribution >= 0.6 is 0 Å². The molecule has 1 fully saturated rings. The maximum absolute atomic E-state index is 13.0. The zero-order chi connectivity index (χ0) is 19.2. The van der Waals surface area contributed by atoms with Crippen molar-refractivity contribution in [3.05, 3.63) is 71.5 Å². The lowest BCUT2D eigenvalue weighted by molar-refractivity contribution is -0.160. The Kier molecular flexibility index (Phi) is 6.22. The molecule has 0 radical (unpaired) electrons. The number of piperidine rings is 1. The van der Waals surface area contributed by atoms with Crippen LogP contribution in [0.3, 0.4) is 0 Å². The molecule has 142 valence electrons. The third kappa shape index (κ3) is 5.16. The van der Waals surface area contributed by atoms with Crippen molar-refractivity contribution < 1.29 is 18.7 Å². The van der Waals surface area contributed by atoms with Gasteiger partial charge in [0.15, 0.2) is 0 Å². The Bertz CT molecular complexity index is 768. The SMILES string of the molecule is CC(=O)O[C@H](C(=O)N1CCC(Cc2ccc(F)cc2)CC1)c1ccccc1. The Morgan fingerprint density at radius 1 is 1.07 bits per heavy atom. The number of carbonyl (C=O) groups excluding carboxylic acids is 2. The van der Waals surface area contributed by atoms with Crippen molar-refractivity contribution in [3.63, 3.8) is 0 Å². The average molecular weight is 369 g/mol. The number of carbonyl (C=O) groups is 2. The summed E-state index contributed by atoms with van der Waals surface area (Å²) in [5.74, 6) is -0.403. The van der Waals surface area contributed by atoms with Crippen LogP contribution in [0.1, 0.15) is 37.0 Å². The fraction of sp³-hybridized carbons (Fsp3) is 0.364. The highest BCUT2D eigenvalue weighted by atomic mass is 19.1. The van der Waals surface area contributed by atoms with E-state index in [4.69, 9.17) is 4.74 Å². The normalized spacial score (nSPS) is 16.0. The standard InChI is InChI=1S/C22H24FNO3/c1-16(25)27-21(19-5-3-2-4-6-19)22(26)24-13-11-18(12-14-24)15-17-7-9-20(23)10-8-17/h2-10,18,21H,11-15H2,1H3/t21-/m0/s1. The first-order valence-corrected chi connectivity index (χ1v) is 9.28. The van der Waals surface area contributed by atoms with Gasteiger partial charge in [0.2, 0.25) is 6.10 Å². The molecule has 0 spiro atoms. The number of rotatable bonds is 5. The molecule has 0 unspecified atom stereocenters. The topological polar surface area (TPSA) is 46.6 Å². The molecule has 5 heteroatoms. The lowest BCUT2D eigenvalue weighted by Gasteiger charge is -2.34. The summed E-state index contributed by atoms with van der Waals surface area (Å²) < 4.78 is 18.4. The molecule has 1 saturated heterocycles. The molecule has 0 aromatic heterocycles. The maximum atomic E-state index is 13.0. The van der Waals surface area contributed by atoms with Crippen LogP contribution in [0.4, 0.5) is 4.39 Å². The molecule has 2 aromatic carbocycles. The minimum Gasteiger partial charge on any atom is -0.447 e. The van der Waals surface area contributed by atoms with Crippen LogP contribution in [-0.4, -0.2) is 29.9 Å². The second kappa shape index (κ2) is 8.80. The number of hydrogen-bond donors (Lipinski definition) is 0. The van der Waals surface area contributed by atoms with Crippen molar-refractivity contribution in [1.82, 2.24) is 4.90 Å². The van der Waals surface area contributed by atoms with E-state index in [9.17, 15) is 14.0 Å². The molecule has 1 aliphatic heterocycles. The van der Waals surface area contributed by atoms with Crippen LogP contribution < -0.4 is 0 Å². The van der Waals surface area contributed by atoms with Gasteiger partial charge in [-0.3, -0.25) is 9.59 Å². The molecule has 4 nitrogen and oxygen atoms in total. The highest BCUT2D eigenvalue weighted by Crippen LogP contribution is 2.26. The van der Waals surface area contributed by atoms with Crippen LogP contribution in [0.25, 0.3) is 0 Å². The van der Waals surface area contributed by atoms with Gasteiger partial charge in [0.1, 0.15) is 5.82 Å². The Labute approximate surface area is 158 Å². The van der Waals surface area contributed by atoms with Gasteiger partial charge in [0.05, 0.1) is 0 Å². The summed E-state index contributed by atoms with van der Waals surface area (Å²) in [5.41, 5.74) is 1.80. The van der Waals surface area contributed by atoms with Gasteiger partial charge in [-0.15, -0.1) is 0 Å². The molecule has 1 heterocycles. The van der Waals surface area contributed by atoms with E-state index in [-0.39, 0.29) is 11.7 Å². The number of hydrogen-bond acceptors (Lipinski definition) is 3. The first kappa shape index (κ1) is 19.1. The summed E-state index contributed by atoms with van der Waals surface area (Å²) in [7, 11) is 0. The van der Waals surface area contributed by atoms with Gasteiger partial charge in [-0.25, -0.2) is 4.39 Å². The van der Waals surface area contributed by atoms with Crippen molar-refractivity contribution in [2.75, 3.05) is 13.1 Å². The Balaban J connectivity index is 1.60. The van der Waals surface area contributed by atoms with Gasteiger partial charge < -0.3 is 9.64 Å². The van der Waals surface area contributed by atoms with Gasteiger partial charge in [-0.1, -0.05) is 42.5 Å². The number of halogens is 1. The smallest absolute Gasteiger partial charge is 0.303 e. The fourth-order valence-corrected chi connectivity index (χ4v) is 3.53. The average Bonchev–Trinajstić information content (AvgIpc) is 2.68. The predicted octanol–water partition coefficient (Wildman–Crippen LogP) is 3.91. The van der Waals surface area contributed by atoms with E-state index in [2.05, 4.69) is 0 Å². The van der Waals surface area contributed by atoms with Crippen LogP contribution in [0.15, 0.2) is 54.6 Å². The van der Waals surface area contributed by atoms with Gasteiger partial charge in [0.25, 0.3) is 5.91 Å². The number of esters is 1. The zero-order valence-electron chi connectivity index (χ0n) is 15.4. The van der Waals surface area contributed by atoms with Gasteiger partial charge in [0, 0.05) is 25.6 Å². The highest BCUT2D eigenvalue weighted by molar-refractivity contribution is 5.84. The molecule has 1 aliphatic rings. The van der Waals surface area contributed by atoms with Crippen LogP contribution in [0.2, 0.25) is 0 Å². The summed E-state index contributed by atoms with van der Waals surface area (Å²) in [6.45, 7) is 2.59. The van der Waals surface area contributed by atoms with E-state index in [1.54, 1.807) is 17.0 Å². The molecule has 1 amide bonds. The Morgan fingerprint density at radius 3 is 2.30 bits per heavy atom. The van der Waals surface area contributed by atoms with E-state index < -0.39 is 12.1 Å². The van der Waals surface area contributed by atoms with E-state index in [0.717, 1.165) is 24.8 Å². The molecule has 0 bridgehead atoms. The third-order valence-corrected chi connectivity index (χ3v) is 4.97. The fourth-order valence-electron chi connectivity index (χ4n) is 3.53. The largest absolute Gasteiger partial charge is 0.447 e. The zero-order valence-corrected chi connectivity index (χ0v) is 15.4. The monoisotopic (exact) mass is 369 g/mol. The summed E-state index contributed by atoms with van der Waals surface area (Å²) >= 11 is 0. The molecular formula is C22H24FNO3. The minimum atomic E-state index is -0.891. The summed E-state index contributed by atoms with van der Waals surface area (Å²) in [6.07, 6.45) is 1.75. The van der Waals surface area contributed by atoms with Crippen molar-refractivity contribution in [1.29, 1.82) is 0 Å². The van der Waals surface area contributed by atoms with Crippen LogP contribution in [-0.2, 0) is 20.7 Å². The molecule has 0 aliphatic carbocycles. The minimum absolute atomic E-state index is 0.170. The van der Waals surface area contributed by atoms with Crippen molar-refractivity contribution in [2.45, 2.75) is 32.3 Å². The predicted molar refractivity (Wildman–Crippen MR) is 100 cm³/mol. The molecular weight excluding hydrogens is 345 g/mol. The van der Waals surface area contributed by atoms with Crippen LogP contribution in [0.5, 0.6) is 0 Å². The molecule has 27 heavy (non-hydrogen) atoms. The quantitative estimate of drug-likeness (QED) is 0.751. The van der Waals surface area contributed by atoms with Crippen LogP contribution in [0, 0.1) is 11.7 Å².